The normalized spacial score (nSPS) is 19.8. The Morgan fingerprint density at radius 3 is 2.40 bits per heavy atom. The minimum atomic E-state index is -0.847. The van der Waals surface area contributed by atoms with Crippen LogP contribution in [0.1, 0.15) is 45.4 Å². The summed E-state index contributed by atoms with van der Waals surface area (Å²) < 4.78 is 0. The second-order valence-corrected chi connectivity index (χ2v) is 5.56. The molecule has 0 spiro atoms. The van der Waals surface area contributed by atoms with Crippen LogP contribution >= 0.6 is 11.8 Å². The van der Waals surface area contributed by atoms with E-state index in [0.29, 0.717) is 12.3 Å². The molecule has 4 heteroatoms. The van der Waals surface area contributed by atoms with Crippen LogP contribution in [0.25, 0.3) is 0 Å². The average molecular weight is 230 g/mol. The monoisotopic (exact) mass is 230 g/mol. The molecule has 1 rings (SSSR count). The van der Waals surface area contributed by atoms with Gasteiger partial charge in [0.15, 0.2) is 5.12 Å². The van der Waals surface area contributed by atoms with Gasteiger partial charge >= 0.3 is 5.97 Å². The van der Waals surface area contributed by atoms with Crippen molar-refractivity contribution in [1.82, 2.24) is 0 Å². The number of carboxylic acid groups (broad SMARTS) is 1. The summed E-state index contributed by atoms with van der Waals surface area (Å²) in [5.74, 6) is -0.340. The van der Waals surface area contributed by atoms with Crippen LogP contribution in [0.15, 0.2) is 0 Å². The Kier molecular flexibility index (Phi) is 5.15. The SMILES string of the molecule is CC(=O)S[C@@H](CC1CCCCC1)C(=O)O. The first-order valence-electron chi connectivity index (χ1n) is 5.49. The summed E-state index contributed by atoms with van der Waals surface area (Å²) in [5, 5.41) is 8.34. The molecule has 3 nitrogen and oxygen atoms in total. The first-order valence-corrected chi connectivity index (χ1v) is 6.37. The van der Waals surface area contributed by atoms with Crippen LogP contribution in [0.5, 0.6) is 0 Å². The van der Waals surface area contributed by atoms with E-state index in [2.05, 4.69) is 0 Å². The van der Waals surface area contributed by atoms with Crippen molar-refractivity contribution in [3.05, 3.63) is 0 Å². The van der Waals surface area contributed by atoms with Gasteiger partial charge in [0, 0.05) is 6.92 Å². The van der Waals surface area contributed by atoms with E-state index in [1.807, 2.05) is 0 Å². The minimum absolute atomic E-state index is 0.0989. The molecular weight excluding hydrogens is 212 g/mol. The molecule has 1 aliphatic carbocycles. The molecule has 0 radical (unpaired) electrons. The molecule has 0 bridgehead atoms. The molecule has 0 aliphatic heterocycles. The predicted molar refractivity (Wildman–Crippen MR) is 60.9 cm³/mol. The van der Waals surface area contributed by atoms with Crippen LogP contribution in [-0.2, 0) is 9.59 Å². The minimum Gasteiger partial charge on any atom is -0.480 e. The van der Waals surface area contributed by atoms with Gasteiger partial charge in [0.1, 0.15) is 5.25 Å². The van der Waals surface area contributed by atoms with Gasteiger partial charge in [-0.15, -0.1) is 0 Å². The molecule has 0 aromatic carbocycles. The van der Waals surface area contributed by atoms with Crippen LogP contribution in [0.3, 0.4) is 0 Å². The number of hydrogen-bond donors (Lipinski definition) is 1. The lowest BCUT2D eigenvalue weighted by Gasteiger charge is -2.23. The Balaban J connectivity index is 2.42. The maximum atomic E-state index is 10.9. The summed E-state index contributed by atoms with van der Waals surface area (Å²) in [6.45, 7) is 1.43. The van der Waals surface area contributed by atoms with Crippen molar-refractivity contribution in [3.8, 4) is 0 Å². The third-order valence-electron chi connectivity index (χ3n) is 2.86. The number of aliphatic carboxylic acids is 1. The second kappa shape index (κ2) is 6.16. The van der Waals surface area contributed by atoms with Gasteiger partial charge in [0.2, 0.25) is 0 Å². The number of hydrogen-bond acceptors (Lipinski definition) is 3. The van der Waals surface area contributed by atoms with E-state index in [1.165, 1.54) is 26.2 Å². The Morgan fingerprint density at radius 2 is 1.93 bits per heavy atom. The fourth-order valence-corrected chi connectivity index (χ4v) is 3.00. The van der Waals surface area contributed by atoms with Crippen LogP contribution in [0.2, 0.25) is 0 Å². The molecule has 0 amide bonds. The Hall–Kier alpha value is -0.510. The third-order valence-corrected chi connectivity index (χ3v) is 3.87. The highest BCUT2D eigenvalue weighted by Crippen LogP contribution is 2.31. The molecule has 15 heavy (non-hydrogen) atoms. The lowest BCUT2D eigenvalue weighted by atomic mass is 9.86. The van der Waals surface area contributed by atoms with Crippen molar-refractivity contribution in [2.75, 3.05) is 0 Å². The van der Waals surface area contributed by atoms with Crippen LogP contribution in [0, 0.1) is 5.92 Å². The van der Waals surface area contributed by atoms with Gasteiger partial charge in [-0.3, -0.25) is 9.59 Å². The standard InChI is InChI=1S/C11H18O3S/c1-8(12)15-10(11(13)14)7-9-5-3-2-4-6-9/h9-10H,2-7H2,1H3,(H,13,14)/t10-/m0/s1. The number of thioether (sulfide) groups is 1. The van der Waals surface area contributed by atoms with Crippen molar-refractivity contribution in [2.24, 2.45) is 5.92 Å². The van der Waals surface area contributed by atoms with E-state index in [4.69, 9.17) is 5.11 Å². The smallest absolute Gasteiger partial charge is 0.317 e. The highest BCUT2D eigenvalue weighted by molar-refractivity contribution is 8.14. The largest absolute Gasteiger partial charge is 0.480 e. The zero-order chi connectivity index (χ0) is 11.3. The van der Waals surface area contributed by atoms with E-state index in [9.17, 15) is 9.59 Å². The van der Waals surface area contributed by atoms with Crippen LogP contribution in [-0.4, -0.2) is 21.4 Å². The quantitative estimate of drug-likeness (QED) is 0.806. The molecule has 1 atom stereocenters. The fraction of sp³-hybridized carbons (Fsp3) is 0.818. The first-order chi connectivity index (χ1) is 7.09. The maximum absolute atomic E-state index is 10.9. The molecule has 1 aliphatic rings. The average Bonchev–Trinajstić information content (AvgIpc) is 2.17. The lowest BCUT2D eigenvalue weighted by molar-refractivity contribution is -0.136. The second-order valence-electron chi connectivity index (χ2n) is 4.18. The van der Waals surface area contributed by atoms with Gasteiger partial charge in [0.25, 0.3) is 0 Å². The molecule has 1 saturated carbocycles. The summed E-state index contributed by atoms with van der Waals surface area (Å²) >= 11 is 0.963. The molecule has 0 saturated heterocycles. The van der Waals surface area contributed by atoms with Crippen LogP contribution < -0.4 is 0 Å². The summed E-state index contributed by atoms with van der Waals surface area (Å²) in [6, 6.07) is 0. The predicted octanol–water partition coefficient (Wildman–Crippen LogP) is 2.69. The van der Waals surface area contributed by atoms with E-state index in [-0.39, 0.29) is 5.12 Å². The Bertz CT molecular complexity index is 234. The van der Waals surface area contributed by atoms with E-state index in [0.717, 1.165) is 24.6 Å². The Labute approximate surface area is 94.6 Å². The molecule has 0 heterocycles. The van der Waals surface area contributed by atoms with Crippen molar-refractivity contribution in [2.45, 2.75) is 50.7 Å². The summed E-state index contributed by atoms with van der Waals surface area (Å²) in [7, 11) is 0. The van der Waals surface area contributed by atoms with Crippen molar-refractivity contribution in [1.29, 1.82) is 0 Å². The van der Waals surface area contributed by atoms with Crippen molar-refractivity contribution >= 4 is 22.8 Å². The van der Waals surface area contributed by atoms with Crippen molar-refractivity contribution < 1.29 is 14.7 Å². The summed E-state index contributed by atoms with van der Waals surface area (Å²) in [4.78, 5) is 21.8. The zero-order valence-corrected chi connectivity index (χ0v) is 9.89. The topological polar surface area (TPSA) is 54.4 Å². The molecule has 86 valence electrons. The summed E-state index contributed by atoms with van der Waals surface area (Å²) in [5.41, 5.74) is 0. The zero-order valence-electron chi connectivity index (χ0n) is 9.07. The molecular formula is C11H18O3S. The van der Waals surface area contributed by atoms with Crippen molar-refractivity contribution in [3.63, 3.8) is 0 Å². The van der Waals surface area contributed by atoms with Gasteiger partial charge in [-0.25, -0.2) is 0 Å². The van der Waals surface area contributed by atoms with Gasteiger partial charge in [0.05, 0.1) is 0 Å². The molecule has 1 N–H and O–H groups in total. The Morgan fingerprint density at radius 1 is 1.33 bits per heavy atom. The van der Waals surface area contributed by atoms with Gasteiger partial charge in [-0.1, -0.05) is 43.9 Å². The van der Waals surface area contributed by atoms with Gasteiger partial charge in [-0.2, -0.15) is 0 Å². The summed E-state index contributed by atoms with van der Waals surface area (Å²) in [6.07, 6.45) is 6.60. The molecule has 1 fully saturated rings. The van der Waals surface area contributed by atoms with E-state index < -0.39 is 11.2 Å². The molecule has 0 unspecified atom stereocenters. The third kappa shape index (κ3) is 4.69. The number of carbonyl (C=O) groups excluding carboxylic acids is 1. The lowest BCUT2D eigenvalue weighted by Crippen LogP contribution is -2.22. The number of rotatable bonds is 4. The number of carbonyl (C=O) groups is 2. The van der Waals surface area contributed by atoms with Gasteiger partial charge in [-0.05, 0) is 12.3 Å². The fourth-order valence-electron chi connectivity index (χ4n) is 2.13. The molecule has 0 aromatic heterocycles. The van der Waals surface area contributed by atoms with Crippen LogP contribution in [0.4, 0.5) is 0 Å². The molecule has 0 aromatic rings. The maximum Gasteiger partial charge on any atom is 0.317 e. The first kappa shape index (κ1) is 12.6. The van der Waals surface area contributed by atoms with E-state index >= 15 is 0 Å². The highest BCUT2D eigenvalue weighted by Gasteiger charge is 2.25. The highest BCUT2D eigenvalue weighted by atomic mass is 32.2. The van der Waals surface area contributed by atoms with Gasteiger partial charge < -0.3 is 5.11 Å². The van der Waals surface area contributed by atoms with E-state index in [1.54, 1.807) is 0 Å². The number of carboxylic acids is 1.